The molecule has 0 unspecified atom stereocenters. The molecule has 1 atom stereocenters. The summed E-state index contributed by atoms with van der Waals surface area (Å²) in [6.45, 7) is 5.29. The molecule has 1 amide bonds. The second-order valence-electron chi connectivity index (χ2n) is 6.95. The molecule has 1 aromatic carbocycles. The van der Waals surface area contributed by atoms with Crippen molar-refractivity contribution in [3.63, 3.8) is 0 Å². The lowest BCUT2D eigenvalue weighted by Crippen LogP contribution is -2.52. The van der Waals surface area contributed by atoms with E-state index >= 15 is 0 Å². The standard InChI is InChI=1S/C20H23FN4O3/c1-14(28-18-5-3-2-4-16(18)21)19(26)24-7-9-25(10-8-24)20-22-12-15-13-27-11-6-17(15)23-20/h2-5,12,14H,6-11,13H2,1H3/t14-/m1/s1. The smallest absolute Gasteiger partial charge is 0.263 e. The van der Waals surface area contributed by atoms with Crippen LogP contribution in [0.15, 0.2) is 30.5 Å². The molecule has 1 aromatic heterocycles. The van der Waals surface area contributed by atoms with E-state index in [2.05, 4.69) is 14.9 Å². The molecule has 0 N–H and O–H groups in total. The highest BCUT2D eigenvalue weighted by Gasteiger charge is 2.28. The van der Waals surface area contributed by atoms with E-state index in [0.717, 1.165) is 17.7 Å². The molecule has 3 heterocycles. The van der Waals surface area contributed by atoms with Gasteiger partial charge in [0.15, 0.2) is 17.7 Å². The number of hydrogen-bond donors (Lipinski definition) is 0. The number of carbonyl (C=O) groups excluding carboxylic acids is 1. The largest absolute Gasteiger partial charge is 0.478 e. The van der Waals surface area contributed by atoms with Gasteiger partial charge in [-0.2, -0.15) is 0 Å². The zero-order valence-corrected chi connectivity index (χ0v) is 15.8. The Morgan fingerprint density at radius 3 is 2.82 bits per heavy atom. The van der Waals surface area contributed by atoms with Crippen LogP contribution in [0.2, 0.25) is 0 Å². The van der Waals surface area contributed by atoms with Crippen LogP contribution in [-0.4, -0.2) is 59.7 Å². The van der Waals surface area contributed by atoms with Crippen molar-refractivity contribution in [1.82, 2.24) is 14.9 Å². The normalized spacial score (nSPS) is 17.8. The Morgan fingerprint density at radius 1 is 1.25 bits per heavy atom. The van der Waals surface area contributed by atoms with Crippen LogP contribution < -0.4 is 9.64 Å². The monoisotopic (exact) mass is 386 g/mol. The van der Waals surface area contributed by atoms with E-state index in [-0.39, 0.29) is 11.7 Å². The van der Waals surface area contributed by atoms with Gasteiger partial charge in [0.2, 0.25) is 5.95 Å². The lowest BCUT2D eigenvalue weighted by atomic mass is 10.1. The van der Waals surface area contributed by atoms with Crippen molar-refractivity contribution in [2.24, 2.45) is 0 Å². The third-order valence-electron chi connectivity index (χ3n) is 5.04. The van der Waals surface area contributed by atoms with E-state index in [4.69, 9.17) is 9.47 Å². The fraction of sp³-hybridized carbons (Fsp3) is 0.450. The summed E-state index contributed by atoms with van der Waals surface area (Å²) in [6, 6.07) is 6.11. The van der Waals surface area contributed by atoms with Gasteiger partial charge in [-0.25, -0.2) is 14.4 Å². The van der Waals surface area contributed by atoms with Crippen LogP contribution >= 0.6 is 0 Å². The van der Waals surface area contributed by atoms with E-state index in [1.54, 1.807) is 24.0 Å². The van der Waals surface area contributed by atoms with Crippen molar-refractivity contribution in [3.8, 4) is 5.75 Å². The Morgan fingerprint density at radius 2 is 2.04 bits per heavy atom. The van der Waals surface area contributed by atoms with Crippen LogP contribution in [0.25, 0.3) is 0 Å². The number of benzene rings is 1. The number of ether oxygens (including phenoxy) is 2. The third-order valence-corrected chi connectivity index (χ3v) is 5.04. The molecule has 2 aromatic rings. The molecule has 0 spiro atoms. The van der Waals surface area contributed by atoms with Crippen LogP contribution in [-0.2, 0) is 22.6 Å². The predicted molar refractivity (Wildman–Crippen MR) is 101 cm³/mol. The van der Waals surface area contributed by atoms with Crippen LogP contribution in [0.5, 0.6) is 5.75 Å². The van der Waals surface area contributed by atoms with Gasteiger partial charge in [-0.3, -0.25) is 4.79 Å². The van der Waals surface area contributed by atoms with Gasteiger partial charge in [0.25, 0.3) is 5.91 Å². The number of hydrogen-bond acceptors (Lipinski definition) is 6. The number of anilines is 1. The second-order valence-corrected chi connectivity index (χ2v) is 6.95. The molecule has 2 aliphatic rings. The lowest BCUT2D eigenvalue weighted by molar-refractivity contribution is -0.138. The lowest BCUT2D eigenvalue weighted by Gasteiger charge is -2.36. The SMILES string of the molecule is C[C@@H](Oc1ccccc1F)C(=O)N1CCN(c2ncc3c(n2)CCOC3)CC1. The molecular formula is C20H23FN4O3. The van der Waals surface area contributed by atoms with E-state index < -0.39 is 11.9 Å². The van der Waals surface area contributed by atoms with Crippen LogP contribution in [0.3, 0.4) is 0 Å². The van der Waals surface area contributed by atoms with Crippen molar-refractivity contribution in [2.45, 2.75) is 26.1 Å². The highest BCUT2D eigenvalue weighted by atomic mass is 19.1. The number of carbonyl (C=O) groups is 1. The first-order chi connectivity index (χ1) is 13.6. The average Bonchev–Trinajstić information content (AvgIpc) is 2.74. The van der Waals surface area contributed by atoms with Crippen molar-refractivity contribution in [2.75, 3.05) is 37.7 Å². The fourth-order valence-electron chi connectivity index (χ4n) is 3.44. The van der Waals surface area contributed by atoms with Crippen molar-refractivity contribution >= 4 is 11.9 Å². The maximum Gasteiger partial charge on any atom is 0.263 e. The van der Waals surface area contributed by atoms with Gasteiger partial charge >= 0.3 is 0 Å². The first-order valence-electron chi connectivity index (χ1n) is 9.49. The molecule has 0 radical (unpaired) electrons. The number of para-hydroxylation sites is 1. The summed E-state index contributed by atoms with van der Waals surface area (Å²) in [5.41, 5.74) is 2.09. The maximum atomic E-state index is 13.7. The Bertz CT molecular complexity index is 855. The first kappa shape index (κ1) is 18.6. The predicted octanol–water partition coefficient (Wildman–Crippen LogP) is 1.80. The highest BCUT2D eigenvalue weighted by molar-refractivity contribution is 5.81. The molecule has 4 rings (SSSR count). The zero-order valence-electron chi connectivity index (χ0n) is 15.8. The molecule has 0 saturated carbocycles. The van der Waals surface area contributed by atoms with Gasteiger partial charge < -0.3 is 19.3 Å². The molecule has 7 nitrogen and oxygen atoms in total. The van der Waals surface area contributed by atoms with E-state index in [0.29, 0.717) is 45.3 Å². The van der Waals surface area contributed by atoms with Gasteiger partial charge in [-0.1, -0.05) is 12.1 Å². The first-order valence-corrected chi connectivity index (χ1v) is 9.49. The number of nitrogens with zero attached hydrogens (tertiary/aromatic N) is 4. The average molecular weight is 386 g/mol. The molecular weight excluding hydrogens is 363 g/mol. The highest BCUT2D eigenvalue weighted by Crippen LogP contribution is 2.20. The quantitative estimate of drug-likeness (QED) is 0.798. The van der Waals surface area contributed by atoms with Crippen molar-refractivity contribution < 1.29 is 18.7 Å². The molecule has 148 valence electrons. The second kappa shape index (κ2) is 8.10. The number of aromatic nitrogens is 2. The van der Waals surface area contributed by atoms with Gasteiger partial charge in [0.1, 0.15) is 0 Å². The molecule has 0 bridgehead atoms. The molecule has 1 saturated heterocycles. The summed E-state index contributed by atoms with van der Waals surface area (Å²) in [5.74, 6) is 0.171. The molecule has 28 heavy (non-hydrogen) atoms. The Kier molecular flexibility index (Phi) is 5.38. The number of halogens is 1. The third kappa shape index (κ3) is 3.91. The van der Waals surface area contributed by atoms with E-state index in [1.807, 2.05) is 6.20 Å². The molecule has 2 aliphatic heterocycles. The topological polar surface area (TPSA) is 67.8 Å². The van der Waals surface area contributed by atoms with Crippen molar-refractivity contribution in [1.29, 1.82) is 0 Å². The Hall–Kier alpha value is -2.74. The van der Waals surface area contributed by atoms with Gasteiger partial charge in [-0.15, -0.1) is 0 Å². The molecule has 0 aliphatic carbocycles. The van der Waals surface area contributed by atoms with E-state index in [1.165, 1.54) is 12.1 Å². The minimum atomic E-state index is -0.747. The van der Waals surface area contributed by atoms with Crippen LogP contribution in [0, 0.1) is 5.82 Å². The van der Waals surface area contributed by atoms with Gasteiger partial charge in [0.05, 0.1) is 18.9 Å². The van der Waals surface area contributed by atoms with Crippen molar-refractivity contribution in [3.05, 3.63) is 47.5 Å². The Balaban J connectivity index is 1.34. The summed E-state index contributed by atoms with van der Waals surface area (Å²) in [6.07, 6.45) is 1.89. The van der Waals surface area contributed by atoms with E-state index in [9.17, 15) is 9.18 Å². The summed E-state index contributed by atoms with van der Waals surface area (Å²) >= 11 is 0. The summed E-state index contributed by atoms with van der Waals surface area (Å²) in [7, 11) is 0. The van der Waals surface area contributed by atoms with Crippen LogP contribution in [0.1, 0.15) is 18.2 Å². The summed E-state index contributed by atoms with van der Waals surface area (Å²) in [5, 5.41) is 0. The molecule has 8 heteroatoms. The number of rotatable bonds is 4. The van der Waals surface area contributed by atoms with Gasteiger partial charge in [-0.05, 0) is 19.1 Å². The fourth-order valence-corrected chi connectivity index (χ4v) is 3.44. The zero-order chi connectivity index (χ0) is 19.5. The number of amides is 1. The summed E-state index contributed by atoms with van der Waals surface area (Å²) < 4.78 is 24.7. The maximum absolute atomic E-state index is 13.7. The minimum absolute atomic E-state index is 0.0911. The van der Waals surface area contributed by atoms with Gasteiger partial charge in [0, 0.05) is 44.4 Å². The number of fused-ring (bicyclic) bond motifs is 1. The minimum Gasteiger partial charge on any atom is -0.478 e. The number of piperazine rings is 1. The Labute approximate surface area is 163 Å². The molecule has 1 fully saturated rings. The summed E-state index contributed by atoms with van der Waals surface area (Å²) in [4.78, 5) is 25.6. The van der Waals surface area contributed by atoms with Crippen LogP contribution in [0.4, 0.5) is 10.3 Å².